The van der Waals surface area contributed by atoms with E-state index in [2.05, 4.69) is 5.32 Å². The molecule has 0 aliphatic carbocycles. The molecule has 0 fully saturated rings. The number of hydrogen-bond donors (Lipinski definition) is 1. The lowest BCUT2D eigenvalue weighted by molar-refractivity contribution is -0.127. The number of ether oxygens (including phenoxy) is 3. The fourth-order valence-corrected chi connectivity index (χ4v) is 2.21. The Morgan fingerprint density at radius 2 is 1.85 bits per heavy atom. The fourth-order valence-electron chi connectivity index (χ4n) is 2.21. The van der Waals surface area contributed by atoms with Gasteiger partial charge in [0.1, 0.15) is 11.9 Å². The highest BCUT2D eigenvalue weighted by Gasteiger charge is 2.14. The van der Waals surface area contributed by atoms with Gasteiger partial charge in [0.15, 0.2) is 0 Å². The lowest BCUT2D eigenvalue weighted by Crippen LogP contribution is -2.27. The standard InChI is InChI=1S/C20H23NO5/c1-4-25-20(23)16-8-10-17(11-9-16)21-19(22)14(2)26-13-15-6-5-7-18(12-15)24-3/h5-12,14H,4,13H2,1-3H3,(H,21,22). The summed E-state index contributed by atoms with van der Waals surface area (Å²) < 4.78 is 15.7. The lowest BCUT2D eigenvalue weighted by Gasteiger charge is -2.14. The molecule has 6 nitrogen and oxygen atoms in total. The first-order chi connectivity index (χ1) is 12.5. The number of amides is 1. The topological polar surface area (TPSA) is 73.9 Å². The third-order valence-corrected chi connectivity index (χ3v) is 3.67. The third kappa shape index (κ3) is 5.60. The van der Waals surface area contributed by atoms with Crippen molar-refractivity contribution in [3.63, 3.8) is 0 Å². The molecule has 0 aromatic heterocycles. The molecule has 0 bridgehead atoms. The van der Waals surface area contributed by atoms with Gasteiger partial charge in [-0.3, -0.25) is 4.79 Å². The van der Waals surface area contributed by atoms with Gasteiger partial charge in [-0.15, -0.1) is 0 Å². The van der Waals surface area contributed by atoms with Crippen molar-refractivity contribution in [2.75, 3.05) is 19.0 Å². The zero-order chi connectivity index (χ0) is 18.9. The van der Waals surface area contributed by atoms with Crippen LogP contribution < -0.4 is 10.1 Å². The molecule has 1 unspecified atom stereocenters. The Labute approximate surface area is 153 Å². The number of benzene rings is 2. The van der Waals surface area contributed by atoms with E-state index >= 15 is 0 Å². The minimum Gasteiger partial charge on any atom is -0.497 e. The third-order valence-electron chi connectivity index (χ3n) is 3.67. The summed E-state index contributed by atoms with van der Waals surface area (Å²) in [6.07, 6.45) is -0.633. The normalized spacial score (nSPS) is 11.5. The van der Waals surface area contributed by atoms with Crippen LogP contribution in [0.2, 0.25) is 0 Å². The molecule has 0 saturated heterocycles. The second kappa shape index (κ2) is 9.58. The summed E-state index contributed by atoms with van der Waals surface area (Å²) in [4.78, 5) is 23.8. The van der Waals surface area contributed by atoms with E-state index in [0.29, 0.717) is 24.5 Å². The molecule has 2 rings (SSSR count). The maximum atomic E-state index is 12.2. The molecule has 0 heterocycles. The number of esters is 1. The number of carbonyl (C=O) groups excluding carboxylic acids is 2. The Morgan fingerprint density at radius 1 is 1.12 bits per heavy atom. The summed E-state index contributed by atoms with van der Waals surface area (Å²) in [5.41, 5.74) is 1.94. The summed E-state index contributed by atoms with van der Waals surface area (Å²) in [6, 6.07) is 14.0. The second-order valence-electron chi connectivity index (χ2n) is 5.59. The van der Waals surface area contributed by atoms with Crippen molar-refractivity contribution in [1.82, 2.24) is 0 Å². The number of nitrogens with one attached hydrogen (secondary N) is 1. The van der Waals surface area contributed by atoms with E-state index in [1.807, 2.05) is 24.3 Å². The van der Waals surface area contributed by atoms with Crippen LogP contribution in [-0.4, -0.2) is 31.7 Å². The van der Waals surface area contributed by atoms with E-state index < -0.39 is 6.10 Å². The number of methoxy groups -OCH3 is 1. The lowest BCUT2D eigenvalue weighted by atomic mass is 10.2. The van der Waals surface area contributed by atoms with E-state index in [9.17, 15) is 9.59 Å². The van der Waals surface area contributed by atoms with E-state index in [4.69, 9.17) is 14.2 Å². The minimum absolute atomic E-state index is 0.267. The molecule has 6 heteroatoms. The van der Waals surface area contributed by atoms with Crippen LogP contribution in [0.5, 0.6) is 5.75 Å². The molecule has 2 aromatic rings. The zero-order valence-electron chi connectivity index (χ0n) is 15.2. The monoisotopic (exact) mass is 357 g/mol. The molecule has 138 valence electrons. The number of hydrogen-bond acceptors (Lipinski definition) is 5. The fraction of sp³-hybridized carbons (Fsp3) is 0.300. The summed E-state index contributed by atoms with van der Waals surface area (Å²) >= 11 is 0. The summed E-state index contributed by atoms with van der Waals surface area (Å²) in [5, 5.41) is 2.76. The van der Waals surface area contributed by atoms with Gasteiger partial charge in [0.2, 0.25) is 0 Å². The Kier molecular flexibility index (Phi) is 7.17. The van der Waals surface area contributed by atoms with Gasteiger partial charge in [-0.05, 0) is 55.8 Å². The van der Waals surface area contributed by atoms with Gasteiger partial charge in [0.05, 0.1) is 25.9 Å². The van der Waals surface area contributed by atoms with E-state index in [1.54, 1.807) is 45.2 Å². The zero-order valence-corrected chi connectivity index (χ0v) is 15.2. The van der Waals surface area contributed by atoms with E-state index in [1.165, 1.54) is 0 Å². The summed E-state index contributed by atoms with van der Waals surface area (Å²) in [6.45, 7) is 4.05. The van der Waals surface area contributed by atoms with Crippen molar-refractivity contribution in [1.29, 1.82) is 0 Å². The largest absolute Gasteiger partial charge is 0.497 e. The van der Waals surface area contributed by atoms with Gasteiger partial charge in [-0.1, -0.05) is 12.1 Å². The first kappa shape index (κ1) is 19.5. The molecule has 0 aliphatic rings. The van der Waals surface area contributed by atoms with E-state index in [-0.39, 0.29) is 11.9 Å². The molecule has 1 atom stereocenters. The molecule has 0 radical (unpaired) electrons. The second-order valence-corrected chi connectivity index (χ2v) is 5.59. The highest BCUT2D eigenvalue weighted by atomic mass is 16.5. The highest BCUT2D eigenvalue weighted by Crippen LogP contribution is 2.15. The first-order valence-electron chi connectivity index (χ1n) is 8.36. The van der Waals surface area contributed by atoms with Gasteiger partial charge in [-0.25, -0.2) is 4.79 Å². The molecular weight excluding hydrogens is 334 g/mol. The SMILES string of the molecule is CCOC(=O)c1ccc(NC(=O)C(C)OCc2cccc(OC)c2)cc1. The molecule has 2 aromatic carbocycles. The van der Waals surface area contributed by atoms with Crippen LogP contribution in [0.4, 0.5) is 5.69 Å². The number of rotatable bonds is 8. The average Bonchev–Trinajstić information content (AvgIpc) is 2.67. The molecular formula is C20H23NO5. The van der Waals surface area contributed by atoms with Crippen LogP contribution in [0.3, 0.4) is 0 Å². The molecule has 0 aliphatic heterocycles. The van der Waals surface area contributed by atoms with Crippen LogP contribution in [-0.2, 0) is 20.9 Å². The number of anilines is 1. The molecule has 26 heavy (non-hydrogen) atoms. The Hall–Kier alpha value is -2.86. The Morgan fingerprint density at radius 3 is 2.50 bits per heavy atom. The van der Waals surface area contributed by atoms with Crippen LogP contribution in [0.25, 0.3) is 0 Å². The van der Waals surface area contributed by atoms with Gasteiger partial charge in [0.25, 0.3) is 5.91 Å². The maximum Gasteiger partial charge on any atom is 0.338 e. The quantitative estimate of drug-likeness (QED) is 0.733. The van der Waals surface area contributed by atoms with Gasteiger partial charge in [0, 0.05) is 5.69 Å². The van der Waals surface area contributed by atoms with Crippen molar-refractivity contribution in [3.05, 3.63) is 59.7 Å². The first-order valence-corrected chi connectivity index (χ1v) is 8.36. The molecule has 0 spiro atoms. The average molecular weight is 357 g/mol. The predicted molar refractivity (Wildman–Crippen MR) is 98.3 cm³/mol. The molecule has 1 amide bonds. The summed E-state index contributed by atoms with van der Waals surface area (Å²) in [7, 11) is 1.60. The summed E-state index contributed by atoms with van der Waals surface area (Å²) in [5.74, 6) is 0.0852. The number of carbonyl (C=O) groups is 2. The van der Waals surface area contributed by atoms with Crippen molar-refractivity contribution < 1.29 is 23.8 Å². The van der Waals surface area contributed by atoms with Crippen molar-refractivity contribution >= 4 is 17.6 Å². The van der Waals surface area contributed by atoms with Gasteiger partial charge in [-0.2, -0.15) is 0 Å². The van der Waals surface area contributed by atoms with Crippen molar-refractivity contribution in [3.8, 4) is 5.75 Å². The van der Waals surface area contributed by atoms with Crippen molar-refractivity contribution in [2.45, 2.75) is 26.6 Å². The predicted octanol–water partition coefficient (Wildman–Crippen LogP) is 3.42. The maximum absolute atomic E-state index is 12.2. The smallest absolute Gasteiger partial charge is 0.338 e. The highest BCUT2D eigenvalue weighted by molar-refractivity contribution is 5.95. The van der Waals surface area contributed by atoms with E-state index in [0.717, 1.165) is 11.3 Å². The van der Waals surface area contributed by atoms with Crippen LogP contribution in [0.15, 0.2) is 48.5 Å². The van der Waals surface area contributed by atoms with Crippen molar-refractivity contribution in [2.24, 2.45) is 0 Å². The Bertz CT molecular complexity index is 742. The van der Waals surface area contributed by atoms with Crippen LogP contribution >= 0.6 is 0 Å². The van der Waals surface area contributed by atoms with Gasteiger partial charge < -0.3 is 19.5 Å². The van der Waals surface area contributed by atoms with Gasteiger partial charge >= 0.3 is 5.97 Å². The van der Waals surface area contributed by atoms with Crippen LogP contribution in [0, 0.1) is 0 Å². The Balaban J connectivity index is 1.87. The molecule has 0 saturated carbocycles. The minimum atomic E-state index is -0.633. The van der Waals surface area contributed by atoms with Crippen LogP contribution in [0.1, 0.15) is 29.8 Å². The molecule has 1 N–H and O–H groups in total.